The van der Waals surface area contributed by atoms with Crippen molar-refractivity contribution in [3.05, 3.63) is 65.2 Å². The van der Waals surface area contributed by atoms with Crippen LogP contribution in [0.15, 0.2) is 42.6 Å². The summed E-state index contributed by atoms with van der Waals surface area (Å²) in [5.41, 5.74) is 4.04. The van der Waals surface area contributed by atoms with Crippen molar-refractivity contribution in [2.24, 2.45) is 0 Å². The Labute approximate surface area is 147 Å². The summed E-state index contributed by atoms with van der Waals surface area (Å²) in [6.07, 6.45) is 1.98. The van der Waals surface area contributed by atoms with Gasteiger partial charge in [-0.2, -0.15) is 0 Å². The van der Waals surface area contributed by atoms with Gasteiger partial charge in [0, 0.05) is 30.7 Å². The Balaban J connectivity index is 1.83. The first-order valence-electron chi connectivity index (χ1n) is 8.20. The normalized spacial score (nSPS) is 11.2. The number of imidazole rings is 1. The molecule has 0 bridgehead atoms. The summed E-state index contributed by atoms with van der Waals surface area (Å²) in [5.74, 6) is 0.426. The number of hydrogen-bond acceptors (Lipinski definition) is 5. The number of benzene rings is 1. The van der Waals surface area contributed by atoms with Gasteiger partial charge in [-0.05, 0) is 25.5 Å². The first kappa shape index (κ1) is 17.1. The van der Waals surface area contributed by atoms with E-state index in [-0.39, 0.29) is 12.5 Å². The lowest BCUT2D eigenvalue weighted by Crippen LogP contribution is -2.30. The zero-order valence-electron chi connectivity index (χ0n) is 14.8. The Morgan fingerprint density at radius 3 is 2.64 bits per heavy atom. The number of ether oxygens (including phenoxy) is 1. The number of hydrogen-bond donors (Lipinski definition) is 0. The highest BCUT2D eigenvalue weighted by Gasteiger charge is 2.15. The van der Waals surface area contributed by atoms with E-state index < -0.39 is 0 Å². The zero-order chi connectivity index (χ0) is 17.8. The average Bonchev–Trinajstić information content (AvgIpc) is 2.98. The number of fused-ring (bicyclic) bond motifs is 1. The number of carbonyl (C=O) groups excluding carboxylic acids is 1. The Morgan fingerprint density at radius 2 is 1.92 bits per heavy atom. The van der Waals surface area contributed by atoms with E-state index in [0.29, 0.717) is 18.9 Å². The fraction of sp³-hybridized carbons (Fsp3) is 0.316. The Kier molecular flexibility index (Phi) is 5.09. The predicted octanol–water partition coefficient (Wildman–Crippen LogP) is 2.52. The molecule has 130 valence electrons. The molecule has 0 amide bonds. The first-order chi connectivity index (χ1) is 12.0. The SMILES string of the molecule is COC(=O)CN(Cc1ccccc1)Cc1cn2c(C)cc(C)nc2n1. The van der Waals surface area contributed by atoms with Crippen LogP contribution in [0.4, 0.5) is 0 Å². The van der Waals surface area contributed by atoms with Crippen LogP contribution in [0.1, 0.15) is 22.6 Å². The van der Waals surface area contributed by atoms with Gasteiger partial charge < -0.3 is 4.74 Å². The predicted molar refractivity (Wildman–Crippen MR) is 95.0 cm³/mol. The first-order valence-corrected chi connectivity index (χ1v) is 8.20. The van der Waals surface area contributed by atoms with Gasteiger partial charge in [0.1, 0.15) is 0 Å². The molecule has 0 unspecified atom stereocenters. The average molecular weight is 338 g/mol. The molecule has 0 aliphatic rings. The third-order valence-electron chi connectivity index (χ3n) is 4.03. The van der Waals surface area contributed by atoms with Gasteiger partial charge in [-0.25, -0.2) is 9.97 Å². The lowest BCUT2D eigenvalue weighted by molar-refractivity contribution is -0.142. The molecule has 0 saturated carbocycles. The van der Waals surface area contributed by atoms with E-state index in [9.17, 15) is 4.79 Å². The van der Waals surface area contributed by atoms with Gasteiger partial charge in [0.25, 0.3) is 0 Å². The number of aryl methyl sites for hydroxylation is 2. The van der Waals surface area contributed by atoms with Crippen LogP contribution in [0, 0.1) is 13.8 Å². The van der Waals surface area contributed by atoms with E-state index in [2.05, 4.69) is 9.97 Å². The number of carbonyl (C=O) groups is 1. The van der Waals surface area contributed by atoms with E-state index in [4.69, 9.17) is 4.74 Å². The van der Waals surface area contributed by atoms with Gasteiger partial charge in [-0.3, -0.25) is 14.1 Å². The van der Waals surface area contributed by atoms with Crippen molar-refractivity contribution in [3.8, 4) is 0 Å². The maximum Gasteiger partial charge on any atom is 0.319 e. The molecule has 0 atom stereocenters. The minimum absolute atomic E-state index is 0.213. The molecule has 6 nitrogen and oxygen atoms in total. The van der Waals surface area contributed by atoms with Crippen LogP contribution in [0.5, 0.6) is 0 Å². The molecule has 0 aliphatic carbocycles. The summed E-state index contributed by atoms with van der Waals surface area (Å²) >= 11 is 0. The highest BCUT2D eigenvalue weighted by molar-refractivity contribution is 5.71. The second-order valence-electron chi connectivity index (χ2n) is 6.15. The fourth-order valence-electron chi connectivity index (χ4n) is 2.88. The third kappa shape index (κ3) is 4.22. The van der Waals surface area contributed by atoms with Crippen molar-refractivity contribution in [1.82, 2.24) is 19.3 Å². The number of rotatable bonds is 6. The minimum atomic E-state index is -0.259. The second-order valence-corrected chi connectivity index (χ2v) is 6.15. The van der Waals surface area contributed by atoms with Gasteiger partial charge in [0.05, 0.1) is 19.3 Å². The molecule has 0 spiro atoms. The Morgan fingerprint density at radius 1 is 1.16 bits per heavy atom. The standard InChI is InChI=1S/C19H22N4O2/c1-14-9-15(2)23-12-17(21-19(23)20-14)11-22(13-18(24)25-3)10-16-7-5-4-6-8-16/h4-9,12H,10-11,13H2,1-3H3. The monoisotopic (exact) mass is 338 g/mol. The quantitative estimate of drug-likeness (QED) is 0.646. The molecule has 2 aromatic heterocycles. The molecule has 0 saturated heterocycles. The fourth-order valence-corrected chi connectivity index (χ4v) is 2.88. The Bertz CT molecular complexity index is 874. The highest BCUT2D eigenvalue weighted by Crippen LogP contribution is 2.12. The summed E-state index contributed by atoms with van der Waals surface area (Å²) in [7, 11) is 1.41. The molecule has 0 N–H and O–H groups in total. The van der Waals surface area contributed by atoms with Gasteiger partial charge in [-0.15, -0.1) is 0 Å². The molecular formula is C19H22N4O2. The third-order valence-corrected chi connectivity index (χ3v) is 4.03. The minimum Gasteiger partial charge on any atom is -0.468 e. The second kappa shape index (κ2) is 7.44. The summed E-state index contributed by atoms with van der Waals surface area (Å²) in [6.45, 7) is 5.40. The molecule has 1 aromatic carbocycles. The van der Waals surface area contributed by atoms with Gasteiger partial charge in [-0.1, -0.05) is 30.3 Å². The Hall–Kier alpha value is -2.73. The molecule has 3 rings (SSSR count). The number of esters is 1. The molecule has 3 aromatic rings. The maximum atomic E-state index is 11.8. The van der Waals surface area contributed by atoms with Crippen molar-refractivity contribution >= 4 is 11.7 Å². The van der Waals surface area contributed by atoms with E-state index in [1.807, 2.05) is 65.7 Å². The van der Waals surface area contributed by atoms with Crippen LogP contribution in [-0.2, 0) is 22.6 Å². The van der Waals surface area contributed by atoms with E-state index in [1.165, 1.54) is 7.11 Å². The van der Waals surface area contributed by atoms with E-state index in [0.717, 1.165) is 22.6 Å². The summed E-state index contributed by atoms with van der Waals surface area (Å²) in [6, 6.07) is 12.1. The topological polar surface area (TPSA) is 59.7 Å². The molecule has 2 heterocycles. The number of aromatic nitrogens is 3. The zero-order valence-corrected chi connectivity index (χ0v) is 14.8. The maximum absolute atomic E-state index is 11.8. The van der Waals surface area contributed by atoms with Crippen molar-refractivity contribution < 1.29 is 9.53 Å². The molecule has 25 heavy (non-hydrogen) atoms. The molecular weight excluding hydrogens is 316 g/mol. The van der Waals surface area contributed by atoms with Gasteiger partial charge in [0.2, 0.25) is 5.78 Å². The summed E-state index contributed by atoms with van der Waals surface area (Å²) < 4.78 is 6.80. The van der Waals surface area contributed by atoms with Crippen LogP contribution in [0.2, 0.25) is 0 Å². The van der Waals surface area contributed by atoms with Crippen LogP contribution in [-0.4, -0.2) is 38.9 Å². The van der Waals surface area contributed by atoms with Crippen molar-refractivity contribution in [2.45, 2.75) is 26.9 Å². The highest BCUT2D eigenvalue weighted by atomic mass is 16.5. The molecule has 6 heteroatoms. The molecule has 0 fully saturated rings. The van der Waals surface area contributed by atoms with Crippen molar-refractivity contribution in [1.29, 1.82) is 0 Å². The van der Waals surface area contributed by atoms with Gasteiger partial charge >= 0.3 is 5.97 Å². The van der Waals surface area contributed by atoms with E-state index in [1.54, 1.807) is 0 Å². The van der Waals surface area contributed by atoms with Crippen LogP contribution < -0.4 is 0 Å². The summed E-state index contributed by atoms with van der Waals surface area (Å²) in [4.78, 5) is 22.9. The largest absolute Gasteiger partial charge is 0.468 e. The molecule has 0 radical (unpaired) electrons. The number of methoxy groups -OCH3 is 1. The van der Waals surface area contributed by atoms with Crippen molar-refractivity contribution in [2.75, 3.05) is 13.7 Å². The van der Waals surface area contributed by atoms with Crippen LogP contribution >= 0.6 is 0 Å². The van der Waals surface area contributed by atoms with Crippen LogP contribution in [0.25, 0.3) is 5.78 Å². The van der Waals surface area contributed by atoms with Crippen LogP contribution in [0.3, 0.4) is 0 Å². The lowest BCUT2D eigenvalue weighted by Gasteiger charge is -2.20. The summed E-state index contributed by atoms with van der Waals surface area (Å²) in [5, 5.41) is 0. The van der Waals surface area contributed by atoms with Gasteiger partial charge in [0.15, 0.2) is 0 Å². The number of nitrogens with zero attached hydrogens (tertiary/aromatic N) is 4. The van der Waals surface area contributed by atoms with Crippen molar-refractivity contribution in [3.63, 3.8) is 0 Å². The lowest BCUT2D eigenvalue weighted by atomic mass is 10.2. The smallest absolute Gasteiger partial charge is 0.319 e. The molecule has 0 aliphatic heterocycles. The van der Waals surface area contributed by atoms with E-state index >= 15 is 0 Å².